The van der Waals surface area contributed by atoms with E-state index >= 15 is 0 Å². The van der Waals surface area contributed by atoms with E-state index in [0.29, 0.717) is 6.42 Å². The van der Waals surface area contributed by atoms with Gasteiger partial charge in [-0.1, -0.05) is 58.3 Å². The van der Waals surface area contributed by atoms with Crippen molar-refractivity contribution in [3.63, 3.8) is 0 Å². The zero-order valence-corrected chi connectivity index (χ0v) is 17.1. The second kappa shape index (κ2) is 12.9. The van der Waals surface area contributed by atoms with Crippen LogP contribution in [-0.2, 0) is 14.9 Å². The van der Waals surface area contributed by atoms with Gasteiger partial charge in [0.1, 0.15) is 0 Å². The maximum Gasteiger partial charge on any atom is 1.00 e. The van der Waals surface area contributed by atoms with E-state index in [1.54, 1.807) is 0 Å². The Morgan fingerprint density at radius 2 is 1.41 bits per heavy atom. The predicted octanol–water partition coefficient (Wildman–Crippen LogP) is 0.232. The topological polar surface area (TPSA) is 91.7 Å². The van der Waals surface area contributed by atoms with Crippen LogP contribution in [0.1, 0.15) is 79.5 Å². The molecule has 0 rings (SSSR count). The Labute approximate surface area is 158 Å². The molecule has 0 radical (unpaired) electrons. The SMILES string of the molecule is CCCCCCCCCCCC(=O)C(C)(CO)S(=O)(=O)O.[H-].[Na+]. The molecule has 7 heteroatoms. The number of carbonyl (C=O) groups is 1. The van der Waals surface area contributed by atoms with Crippen LogP contribution in [0.15, 0.2) is 0 Å². The second-order valence-electron chi connectivity index (χ2n) is 5.87. The number of carbonyl (C=O) groups excluding carboxylic acids is 1. The van der Waals surface area contributed by atoms with E-state index in [-0.39, 0.29) is 37.4 Å². The maximum atomic E-state index is 11.9. The van der Waals surface area contributed by atoms with E-state index in [1.165, 1.54) is 32.1 Å². The van der Waals surface area contributed by atoms with Gasteiger partial charge in [0.25, 0.3) is 10.1 Å². The fourth-order valence-corrected chi connectivity index (χ4v) is 2.73. The molecule has 0 heterocycles. The van der Waals surface area contributed by atoms with Crippen LogP contribution in [0, 0.1) is 0 Å². The van der Waals surface area contributed by atoms with E-state index in [9.17, 15) is 13.2 Å². The predicted molar refractivity (Wildman–Crippen MR) is 85.0 cm³/mol. The van der Waals surface area contributed by atoms with Gasteiger partial charge in [-0.3, -0.25) is 9.35 Å². The molecule has 2 N–H and O–H groups in total. The van der Waals surface area contributed by atoms with Crippen molar-refractivity contribution in [1.82, 2.24) is 0 Å². The molecule has 0 spiro atoms. The number of aliphatic hydroxyl groups excluding tert-OH is 1. The summed E-state index contributed by atoms with van der Waals surface area (Å²) in [6.07, 6.45) is 9.94. The summed E-state index contributed by atoms with van der Waals surface area (Å²) in [4.78, 5) is 11.9. The minimum absolute atomic E-state index is 0. The smallest absolute Gasteiger partial charge is 1.00 e. The third-order valence-corrected chi connectivity index (χ3v) is 5.46. The molecule has 1 unspecified atom stereocenters. The maximum absolute atomic E-state index is 11.9. The molecular weight excluding hydrogens is 315 g/mol. The van der Waals surface area contributed by atoms with Crippen LogP contribution in [0.4, 0.5) is 0 Å². The van der Waals surface area contributed by atoms with Gasteiger partial charge in [0.15, 0.2) is 10.5 Å². The Kier molecular flexibility index (Phi) is 14.5. The van der Waals surface area contributed by atoms with E-state index in [4.69, 9.17) is 9.66 Å². The molecule has 0 aromatic heterocycles. The fourth-order valence-electron chi connectivity index (χ4n) is 2.17. The van der Waals surface area contributed by atoms with E-state index in [0.717, 1.165) is 26.2 Å². The summed E-state index contributed by atoms with van der Waals surface area (Å²) >= 11 is 0. The Morgan fingerprint density at radius 3 is 1.77 bits per heavy atom. The summed E-state index contributed by atoms with van der Waals surface area (Å²) in [6, 6.07) is 0. The summed E-state index contributed by atoms with van der Waals surface area (Å²) < 4.78 is 29.3. The minimum Gasteiger partial charge on any atom is -1.00 e. The molecule has 128 valence electrons. The number of aliphatic hydroxyl groups is 1. The van der Waals surface area contributed by atoms with Crippen molar-refractivity contribution in [2.75, 3.05) is 6.61 Å². The van der Waals surface area contributed by atoms with E-state index in [2.05, 4.69) is 6.92 Å². The van der Waals surface area contributed by atoms with E-state index in [1.807, 2.05) is 0 Å². The van der Waals surface area contributed by atoms with Crippen LogP contribution in [0.2, 0.25) is 0 Å². The van der Waals surface area contributed by atoms with Gasteiger partial charge < -0.3 is 6.53 Å². The van der Waals surface area contributed by atoms with Crippen LogP contribution < -0.4 is 29.6 Å². The average Bonchev–Trinajstić information content (AvgIpc) is 2.43. The van der Waals surface area contributed by atoms with Gasteiger partial charge in [0.05, 0.1) is 6.61 Å². The van der Waals surface area contributed by atoms with E-state index < -0.39 is 27.3 Å². The van der Waals surface area contributed by atoms with Gasteiger partial charge in [-0.25, -0.2) is 0 Å². The Hall–Kier alpha value is 0.540. The van der Waals surface area contributed by atoms with Gasteiger partial charge >= 0.3 is 29.6 Å². The standard InChI is InChI=1S/C15H30O5S.Na.H/c1-3-4-5-6-7-8-9-10-11-12-14(17)15(2,13-16)21(18,19)20;;/h16H,3-13H2,1-2H3,(H,18,19,20);;/q;+1;-1. The largest absolute Gasteiger partial charge is 1.00 e. The molecule has 1 atom stereocenters. The molecule has 5 nitrogen and oxygen atoms in total. The van der Waals surface area contributed by atoms with Crippen LogP contribution in [0.3, 0.4) is 0 Å². The molecule has 0 amide bonds. The molecule has 0 saturated heterocycles. The molecule has 22 heavy (non-hydrogen) atoms. The van der Waals surface area contributed by atoms with Gasteiger partial charge in [-0.05, 0) is 13.3 Å². The van der Waals surface area contributed by atoms with Gasteiger partial charge in [0, 0.05) is 6.42 Å². The molecule has 0 bridgehead atoms. The summed E-state index contributed by atoms with van der Waals surface area (Å²) in [5.41, 5.74) is 0. The van der Waals surface area contributed by atoms with Crippen molar-refractivity contribution < 1.29 is 53.9 Å². The number of hydrogen-bond acceptors (Lipinski definition) is 4. The Balaban J connectivity index is -0.00000200. The molecule has 0 aliphatic heterocycles. The average molecular weight is 346 g/mol. The van der Waals surface area contributed by atoms with Crippen LogP contribution >= 0.6 is 0 Å². The molecule has 0 fully saturated rings. The van der Waals surface area contributed by atoms with Crippen molar-refractivity contribution >= 4 is 15.9 Å². The number of unbranched alkanes of at least 4 members (excludes halogenated alkanes) is 8. The van der Waals surface area contributed by atoms with Crippen LogP contribution in [0.25, 0.3) is 0 Å². The molecular formula is C15H31NaO5S. The molecule has 0 aromatic carbocycles. The number of ketones is 1. The third kappa shape index (κ3) is 8.99. The molecule has 0 saturated carbocycles. The summed E-state index contributed by atoms with van der Waals surface area (Å²) in [6.45, 7) is 2.37. The molecule has 0 aliphatic rings. The molecule has 0 aromatic rings. The Morgan fingerprint density at radius 1 is 1.00 bits per heavy atom. The van der Waals surface area contributed by atoms with Crippen molar-refractivity contribution in [3.05, 3.63) is 0 Å². The van der Waals surface area contributed by atoms with Crippen LogP contribution in [-0.4, -0.2) is 35.2 Å². The first-order chi connectivity index (χ1) is 9.79. The van der Waals surface area contributed by atoms with Gasteiger partial charge in [0.2, 0.25) is 0 Å². The van der Waals surface area contributed by atoms with Gasteiger partial charge in [-0.2, -0.15) is 8.42 Å². The first-order valence-electron chi connectivity index (χ1n) is 7.90. The molecule has 0 aliphatic carbocycles. The first-order valence-corrected chi connectivity index (χ1v) is 9.34. The van der Waals surface area contributed by atoms with Crippen molar-refractivity contribution in [1.29, 1.82) is 0 Å². The Bertz CT molecular complexity index is 403. The second-order valence-corrected chi connectivity index (χ2v) is 7.72. The summed E-state index contributed by atoms with van der Waals surface area (Å²) in [5, 5.41) is 9.07. The third-order valence-electron chi connectivity index (χ3n) is 3.97. The fraction of sp³-hybridized carbons (Fsp3) is 0.933. The number of rotatable bonds is 13. The van der Waals surface area contributed by atoms with Gasteiger partial charge in [-0.15, -0.1) is 0 Å². The zero-order chi connectivity index (χ0) is 16.4. The minimum atomic E-state index is -4.57. The monoisotopic (exact) mass is 346 g/mol. The summed E-state index contributed by atoms with van der Waals surface area (Å²) in [5.74, 6) is -0.615. The quantitative estimate of drug-likeness (QED) is 0.283. The van der Waals surface area contributed by atoms with Crippen molar-refractivity contribution in [2.45, 2.75) is 82.8 Å². The summed E-state index contributed by atoms with van der Waals surface area (Å²) in [7, 11) is -4.57. The zero-order valence-electron chi connectivity index (χ0n) is 15.3. The number of Topliss-reactive ketones (excluding diaryl/α,β-unsaturated/α-hetero) is 1. The number of hydrogen-bond donors (Lipinski definition) is 2. The van der Waals surface area contributed by atoms with Crippen molar-refractivity contribution in [3.8, 4) is 0 Å². The van der Waals surface area contributed by atoms with Crippen molar-refractivity contribution in [2.24, 2.45) is 0 Å². The van der Waals surface area contributed by atoms with Crippen LogP contribution in [0.5, 0.6) is 0 Å². The normalized spacial score (nSPS) is 14.2. The first kappa shape index (κ1) is 24.8.